The first-order chi connectivity index (χ1) is 15.3. The lowest BCUT2D eigenvalue weighted by molar-refractivity contribution is -0.136. The van der Waals surface area contributed by atoms with E-state index in [0.717, 1.165) is 0 Å². The molecule has 3 rings (SSSR count). The molecule has 0 aliphatic carbocycles. The van der Waals surface area contributed by atoms with Gasteiger partial charge in [0.15, 0.2) is 0 Å². The molecule has 2 N–H and O–H groups in total. The van der Waals surface area contributed by atoms with Crippen molar-refractivity contribution < 1.29 is 19.1 Å². The van der Waals surface area contributed by atoms with Crippen LogP contribution in [0.2, 0.25) is 15.1 Å². The number of hydrogen-bond donors (Lipinski definition) is 2. The first kappa shape index (κ1) is 23.3. The van der Waals surface area contributed by atoms with Crippen molar-refractivity contribution in [2.75, 3.05) is 5.32 Å². The maximum absolute atomic E-state index is 12.1. The van der Waals surface area contributed by atoms with Gasteiger partial charge < -0.3 is 10.1 Å². The van der Waals surface area contributed by atoms with Crippen LogP contribution in [0.5, 0.6) is 5.75 Å². The van der Waals surface area contributed by atoms with Gasteiger partial charge in [0.2, 0.25) is 0 Å². The SMILES string of the molecule is O=C(N/N=C\c1ccc(OC(=O)c2ccc(Cl)cc2)cc1)C(=O)Nc1cc(Cl)ccc1Cl. The maximum Gasteiger partial charge on any atom is 0.343 e. The van der Waals surface area contributed by atoms with Crippen molar-refractivity contribution in [3.05, 3.63) is 92.9 Å². The van der Waals surface area contributed by atoms with Crippen LogP contribution in [0.15, 0.2) is 71.8 Å². The Bertz CT molecular complexity index is 1180. The highest BCUT2D eigenvalue weighted by Gasteiger charge is 2.15. The molecule has 0 unspecified atom stereocenters. The summed E-state index contributed by atoms with van der Waals surface area (Å²) in [5.41, 5.74) is 3.26. The highest BCUT2D eigenvalue weighted by molar-refractivity contribution is 6.42. The van der Waals surface area contributed by atoms with E-state index in [1.165, 1.54) is 18.3 Å². The van der Waals surface area contributed by atoms with Gasteiger partial charge in [0.25, 0.3) is 0 Å². The minimum absolute atomic E-state index is 0.201. The number of nitrogens with one attached hydrogen (secondary N) is 2. The number of ether oxygens (including phenoxy) is 1. The van der Waals surface area contributed by atoms with Crippen molar-refractivity contribution in [1.29, 1.82) is 0 Å². The summed E-state index contributed by atoms with van der Waals surface area (Å²) >= 11 is 17.6. The van der Waals surface area contributed by atoms with E-state index in [-0.39, 0.29) is 10.7 Å². The summed E-state index contributed by atoms with van der Waals surface area (Å²) in [5.74, 6) is -2.16. The number of benzene rings is 3. The number of esters is 1. The molecule has 162 valence electrons. The van der Waals surface area contributed by atoms with Gasteiger partial charge in [0.1, 0.15) is 5.75 Å². The molecule has 0 heterocycles. The Labute approximate surface area is 197 Å². The number of halogens is 3. The van der Waals surface area contributed by atoms with Gasteiger partial charge in [-0.3, -0.25) is 9.59 Å². The van der Waals surface area contributed by atoms with Crippen molar-refractivity contribution in [1.82, 2.24) is 5.43 Å². The van der Waals surface area contributed by atoms with Crippen LogP contribution in [-0.4, -0.2) is 24.0 Å². The van der Waals surface area contributed by atoms with Crippen molar-refractivity contribution in [3.8, 4) is 5.75 Å². The molecule has 0 fully saturated rings. The van der Waals surface area contributed by atoms with Crippen LogP contribution in [0.3, 0.4) is 0 Å². The van der Waals surface area contributed by atoms with Gasteiger partial charge in [-0.25, -0.2) is 10.2 Å². The molecular formula is C22H14Cl3N3O4. The van der Waals surface area contributed by atoms with E-state index in [1.807, 2.05) is 0 Å². The number of hydrogen-bond acceptors (Lipinski definition) is 5. The van der Waals surface area contributed by atoms with Gasteiger partial charge in [-0.15, -0.1) is 0 Å². The van der Waals surface area contributed by atoms with Crippen molar-refractivity contribution in [2.45, 2.75) is 0 Å². The molecule has 3 aromatic rings. The number of hydrazone groups is 1. The molecular weight excluding hydrogens is 477 g/mol. The molecule has 0 atom stereocenters. The molecule has 0 saturated carbocycles. The Balaban J connectivity index is 1.52. The third-order valence-corrected chi connectivity index (χ3v) is 4.75. The zero-order chi connectivity index (χ0) is 23.1. The molecule has 0 aliphatic heterocycles. The molecule has 7 nitrogen and oxygen atoms in total. The van der Waals surface area contributed by atoms with E-state index in [0.29, 0.717) is 26.9 Å². The predicted molar refractivity (Wildman–Crippen MR) is 124 cm³/mol. The van der Waals surface area contributed by atoms with Crippen LogP contribution in [0.25, 0.3) is 0 Å². The minimum atomic E-state index is -0.995. The molecule has 0 saturated heterocycles. The highest BCUT2D eigenvalue weighted by atomic mass is 35.5. The molecule has 10 heteroatoms. The number of rotatable bonds is 5. The van der Waals surface area contributed by atoms with Gasteiger partial charge in [-0.2, -0.15) is 5.10 Å². The quantitative estimate of drug-likeness (QED) is 0.174. The zero-order valence-electron chi connectivity index (χ0n) is 16.1. The second-order valence-electron chi connectivity index (χ2n) is 6.24. The third kappa shape index (κ3) is 6.55. The standard InChI is InChI=1S/C22H14Cl3N3O4/c23-15-5-3-14(4-6-15)22(31)32-17-8-1-13(2-9-17)12-26-28-21(30)20(29)27-19-11-16(24)7-10-18(19)25/h1-12H,(H,27,29)(H,28,30)/b26-12-. The van der Waals surface area contributed by atoms with Crippen molar-refractivity contribution in [3.63, 3.8) is 0 Å². The summed E-state index contributed by atoms with van der Waals surface area (Å²) in [5, 5.41) is 7.17. The fourth-order valence-corrected chi connectivity index (χ4v) is 2.83. The fraction of sp³-hybridized carbons (Fsp3) is 0. The Morgan fingerprint density at radius 2 is 1.47 bits per heavy atom. The Hall–Kier alpha value is -3.39. The lowest BCUT2D eigenvalue weighted by Gasteiger charge is -2.06. The topological polar surface area (TPSA) is 96.9 Å². The lowest BCUT2D eigenvalue weighted by Crippen LogP contribution is -2.32. The average molecular weight is 491 g/mol. The molecule has 0 aliphatic rings. The summed E-state index contributed by atoms with van der Waals surface area (Å²) < 4.78 is 5.27. The van der Waals surface area contributed by atoms with E-state index >= 15 is 0 Å². The second-order valence-corrected chi connectivity index (χ2v) is 7.52. The van der Waals surface area contributed by atoms with E-state index in [4.69, 9.17) is 39.5 Å². The largest absolute Gasteiger partial charge is 0.423 e. The summed E-state index contributed by atoms with van der Waals surface area (Å²) in [6.45, 7) is 0. The Kier molecular flexibility index (Phi) is 7.83. The van der Waals surface area contributed by atoms with Crippen LogP contribution < -0.4 is 15.5 Å². The molecule has 0 radical (unpaired) electrons. The van der Waals surface area contributed by atoms with E-state index in [9.17, 15) is 14.4 Å². The summed E-state index contributed by atoms with van der Waals surface area (Å²) in [7, 11) is 0. The number of amides is 2. The van der Waals surface area contributed by atoms with E-state index < -0.39 is 17.8 Å². The van der Waals surface area contributed by atoms with Crippen LogP contribution in [0.1, 0.15) is 15.9 Å². The first-order valence-corrected chi connectivity index (χ1v) is 10.1. The normalized spacial score (nSPS) is 10.6. The van der Waals surface area contributed by atoms with Crippen molar-refractivity contribution >= 4 is 64.5 Å². The van der Waals surface area contributed by atoms with Crippen LogP contribution in [0, 0.1) is 0 Å². The Morgan fingerprint density at radius 3 is 2.16 bits per heavy atom. The minimum Gasteiger partial charge on any atom is -0.423 e. The zero-order valence-corrected chi connectivity index (χ0v) is 18.4. The number of carbonyl (C=O) groups is 3. The third-order valence-electron chi connectivity index (χ3n) is 3.93. The summed E-state index contributed by atoms with van der Waals surface area (Å²) in [6, 6.07) is 17.1. The molecule has 32 heavy (non-hydrogen) atoms. The fourth-order valence-electron chi connectivity index (χ4n) is 2.36. The maximum atomic E-state index is 12.1. The van der Waals surface area contributed by atoms with Crippen LogP contribution in [-0.2, 0) is 9.59 Å². The molecule has 0 aromatic heterocycles. The summed E-state index contributed by atoms with van der Waals surface area (Å²) in [4.78, 5) is 35.9. The van der Waals surface area contributed by atoms with Crippen LogP contribution >= 0.6 is 34.8 Å². The second kappa shape index (κ2) is 10.8. The number of carbonyl (C=O) groups excluding carboxylic acids is 3. The van der Waals surface area contributed by atoms with Crippen molar-refractivity contribution in [2.24, 2.45) is 5.10 Å². The van der Waals surface area contributed by atoms with Gasteiger partial charge in [-0.05, 0) is 72.3 Å². The Morgan fingerprint density at radius 1 is 0.812 bits per heavy atom. The molecule has 0 spiro atoms. The smallest absolute Gasteiger partial charge is 0.343 e. The molecule has 0 bridgehead atoms. The predicted octanol–water partition coefficient (Wildman–Crippen LogP) is 4.95. The average Bonchev–Trinajstić information content (AvgIpc) is 2.77. The lowest BCUT2D eigenvalue weighted by atomic mass is 10.2. The van der Waals surface area contributed by atoms with Crippen LogP contribution in [0.4, 0.5) is 5.69 Å². The number of nitrogens with zero attached hydrogens (tertiary/aromatic N) is 1. The first-order valence-electron chi connectivity index (χ1n) is 8.99. The van der Waals surface area contributed by atoms with Gasteiger partial charge in [0, 0.05) is 10.0 Å². The van der Waals surface area contributed by atoms with Gasteiger partial charge >= 0.3 is 17.8 Å². The molecule has 2 amide bonds. The number of anilines is 1. The van der Waals surface area contributed by atoms with E-state index in [1.54, 1.807) is 54.6 Å². The van der Waals surface area contributed by atoms with Gasteiger partial charge in [0.05, 0.1) is 22.5 Å². The highest BCUT2D eigenvalue weighted by Crippen LogP contribution is 2.25. The van der Waals surface area contributed by atoms with E-state index in [2.05, 4.69) is 15.8 Å². The summed E-state index contributed by atoms with van der Waals surface area (Å²) in [6.07, 6.45) is 1.32. The van der Waals surface area contributed by atoms with Gasteiger partial charge in [-0.1, -0.05) is 34.8 Å². The molecule has 3 aromatic carbocycles. The monoisotopic (exact) mass is 489 g/mol.